The van der Waals surface area contributed by atoms with Crippen molar-refractivity contribution in [2.45, 2.75) is 46.3 Å². The number of benzene rings is 1. The Morgan fingerprint density at radius 1 is 1.17 bits per heavy atom. The lowest BCUT2D eigenvalue weighted by Gasteiger charge is -2.37. The maximum atomic E-state index is 12.0. The second-order valence-electron chi connectivity index (χ2n) is 7.10. The molecule has 1 heterocycles. The molecule has 0 aromatic heterocycles. The average Bonchev–Trinajstić information content (AvgIpc) is 2.79. The summed E-state index contributed by atoms with van der Waals surface area (Å²) < 4.78 is 22.2. The van der Waals surface area contributed by atoms with Gasteiger partial charge in [-0.25, -0.2) is 4.79 Å². The van der Waals surface area contributed by atoms with Gasteiger partial charge in [-0.05, 0) is 32.9 Å². The molecule has 0 saturated carbocycles. The van der Waals surface area contributed by atoms with Crippen molar-refractivity contribution in [1.29, 1.82) is 0 Å². The van der Waals surface area contributed by atoms with Crippen LogP contribution in [0.25, 0.3) is 0 Å². The van der Waals surface area contributed by atoms with Crippen molar-refractivity contribution < 1.29 is 33.3 Å². The van der Waals surface area contributed by atoms with Gasteiger partial charge >= 0.3 is 12.1 Å². The van der Waals surface area contributed by atoms with E-state index < -0.39 is 17.7 Å². The Labute approximate surface area is 170 Å². The van der Waals surface area contributed by atoms with Gasteiger partial charge in [-0.15, -0.1) is 0 Å². The van der Waals surface area contributed by atoms with Crippen LogP contribution in [0.1, 0.15) is 34.6 Å². The third kappa shape index (κ3) is 6.00. The highest BCUT2D eigenvalue weighted by Crippen LogP contribution is 2.35. The van der Waals surface area contributed by atoms with Gasteiger partial charge in [0.05, 0.1) is 13.2 Å². The van der Waals surface area contributed by atoms with E-state index in [1.807, 2.05) is 13.8 Å². The summed E-state index contributed by atoms with van der Waals surface area (Å²) in [6, 6.07) is 4.80. The number of nitrogens with zero attached hydrogens (tertiary/aromatic N) is 1. The topological polar surface area (TPSA) is 103 Å². The van der Waals surface area contributed by atoms with Crippen molar-refractivity contribution in [3.05, 3.63) is 18.2 Å². The van der Waals surface area contributed by atoms with Crippen LogP contribution in [-0.4, -0.2) is 60.9 Å². The van der Waals surface area contributed by atoms with Crippen LogP contribution in [0.4, 0.5) is 10.5 Å². The van der Waals surface area contributed by atoms with Gasteiger partial charge < -0.3 is 23.8 Å². The molecule has 1 atom stereocenters. The maximum Gasteiger partial charge on any atom is 0.411 e. The predicted molar refractivity (Wildman–Crippen MR) is 105 cm³/mol. The van der Waals surface area contributed by atoms with Gasteiger partial charge in [0.25, 0.3) is 0 Å². The monoisotopic (exact) mass is 408 g/mol. The van der Waals surface area contributed by atoms with Crippen LogP contribution in [-0.2, 0) is 19.1 Å². The Hall–Kier alpha value is -2.97. The fourth-order valence-electron chi connectivity index (χ4n) is 3.02. The van der Waals surface area contributed by atoms with Crippen LogP contribution >= 0.6 is 0 Å². The van der Waals surface area contributed by atoms with Crippen LogP contribution in [0.2, 0.25) is 0 Å². The van der Waals surface area contributed by atoms with E-state index >= 15 is 0 Å². The van der Waals surface area contributed by atoms with Gasteiger partial charge in [-0.1, -0.05) is 0 Å². The summed E-state index contributed by atoms with van der Waals surface area (Å²) in [4.78, 5) is 37.0. The lowest BCUT2D eigenvalue weighted by molar-refractivity contribution is -0.169. The van der Waals surface area contributed by atoms with E-state index in [2.05, 4.69) is 5.32 Å². The molecule has 2 amide bonds. The zero-order valence-electron chi connectivity index (χ0n) is 17.4. The number of esters is 1. The van der Waals surface area contributed by atoms with Gasteiger partial charge in [0.15, 0.2) is 17.1 Å². The van der Waals surface area contributed by atoms with Crippen molar-refractivity contribution in [3.63, 3.8) is 0 Å². The predicted octanol–water partition coefficient (Wildman–Crippen LogP) is 2.58. The minimum atomic E-state index is -1.17. The summed E-state index contributed by atoms with van der Waals surface area (Å²) in [7, 11) is 0. The first-order valence-electron chi connectivity index (χ1n) is 9.46. The number of amides is 2. The SMILES string of the molecule is CCOC(=O)Nc1ccc2c(c1)OCC(CN(C(C)=O)C(C)C)(OC(C)=O)CO2. The molecule has 160 valence electrons. The minimum Gasteiger partial charge on any atom is -0.485 e. The molecule has 1 N–H and O–H groups in total. The molecule has 1 unspecified atom stereocenters. The molecular weight excluding hydrogens is 380 g/mol. The number of rotatable bonds is 6. The maximum absolute atomic E-state index is 12.0. The van der Waals surface area contributed by atoms with Gasteiger partial charge in [0, 0.05) is 31.6 Å². The number of hydrogen-bond donors (Lipinski definition) is 1. The summed E-state index contributed by atoms with van der Waals surface area (Å²) in [5, 5.41) is 2.59. The number of ether oxygens (including phenoxy) is 4. The highest BCUT2D eigenvalue weighted by molar-refractivity contribution is 5.85. The molecule has 1 aliphatic rings. The average molecular weight is 408 g/mol. The molecule has 0 spiro atoms. The summed E-state index contributed by atoms with van der Waals surface area (Å²) in [6.07, 6.45) is -0.578. The Bertz CT molecular complexity index is 765. The van der Waals surface area contributed by atoms with Crippen molar-refractivity contribution >= 4 is 23.7 Å². The number of nitrogens with one attached hydrogen (secondary N) is 1. The van der Waals surface area contributed by atoms with E-state index in [1.165, 1.54) is 13.8 Å². The molecule has 1 aliphatic heterocycles. The van der Waals surface area contributed by atoms with E-state index in [0.717, 1.165) is 0 Å². The van der Waals surface area contributed by atoms with E-state index in [1.54, 1.807) is 30.0 Å². The molecule has 9 nitrogen and oxygen atoms in total. The molecule has 0 aliphatic carbocycles. The Kier molecular flexibility index (Phi) is 7.30. The molecule has 0 radical (unpaired) electrons. The Morgan fingerprint density at radius 2 is 1.83 bits per heavy atom. The number of carbonyl (C=O) groups is 3. The smallest absolute Gasteiger partial charge is 0.411 e. The normalized spacial score (nSPS) is 17.9. The lowest BCUT2D eigenvalue weighted by atomic mass is 10.0. The second kappa shape index (κ2) is 9.49. The zero-order valence-corrected chi connectivity index (χ0v) is 17.4. The van der Waals surface area contributed by atoms with Crippen LogP contribution in [0.5, 0.6) is 11.5 Å². The Balaban J connectivity index is 2.24. The third-order valence-electron chi connectivity index (χ3n) is 4.29. The fraction of sp³-hybridized carbons (Fsp3) is 0.550. The molecule has 2 rings (SSSR count). The van der Waals surface area contributed by atoms with Crippen LogP contribution in [0.15, 0.2) is 18.2 Å². The van der Waals surface area contributed by atoms with E-state index in [0.29, 0.717) is 17.2 Å². The molecule has 0 fully saturated rings. The van der Waals surface area contributed by atoms with Crippen molar-refractivity contribution in [1.82, 2.24) is 4.90 Å². The summed E-state index contributed by atoms with van der Waals surface area (Å²) >= 11 is 0. The molecule has 1 aromatic rings. The molecular formula is C20H28N2O7. The van der Waals surface area contributed by atoms with Crippen molar-refractivity contribution in [3.8, 4) is 11.5 Å². The number of anilines is 1. The molecule has 0 bridgehead atoms. The first kappa shape index (κ1) is 22.3. The van der Waals surface area contributed by atoms with Crippen molar-refractivity contribution in [2.24, 2.45) is 0 Å². The van der Waals surface area contributed by atoms with Crippen molar-refractivity contribution in [2.75, 3.05) is 31.7 Å². The van der Waals surface area contributed by atoms with Gasteiger partial charge in [-0.3, -0.25) is 14.9 Å². The largest absolute Gasteiger partial charge is 0.485 e. The second-order valence-corrected chi connectivity index (χ2v) is 7.10. The van der Waals surface area contributed by atoms with Gasteiger partial charge in [0.2, 0.25) is 5.91 Å². The van der Waals surface area contributed by atoms with Gasteiger partial charge in [0.1, 0.15) is 13.2 Å². The minimum absolute atomic E-state index is 0.0146. The van der Waals surface area contributed by atoms with E-state index in [-0.39, 0.29) is 38.3 Å². The van der Waals surface area contributed by atoms with E-state index in [4.69, 9.17) is 18.9 Å². The summed E-state index contributed by atoms with van der Waals surface area (Å²) in [6.45, 7) is 8.61. The molecule has 0 saturated heterocycles. The van der Waals surface area contributed by atoms with Crippen LogP contribution in [0, 0.1) is 0 Å². The van der Waals surface area contributed by atoms with Crippen LogP contribution in [0.3, 0.4) is 0 Å². The molecule has 29 heavy (non-hydrogen) atoms. The highest BCUT2D eigenvalue weighted by atomic mass is 16.6. The Morgan fingerprint density at radius 3 is 2.38 bits per heavy atom. The lowest BCUT2D eigenvalue weighted by Crippen LogP contribution is -2.56. The fourth-order valence-corrected chi connectivity index (χ4v) is 3.02. The standard InChI is InChI=1S/C20H28N2O7/c1-6-26-19(25)21-16-7-8-17-18(9-16)28-12-20(11-27-17,29-15(5)24)10-22(13(2)3)14(4)23/h7-9,13H,6,10-12H2,1-5H3,(H,21,25). The van der Waals surface area contributed by atoms with E-state index in [9.17, 15) is 14.4 Å². The summed E-state index contributed by atoms with van der Waals surface area (Å²) in [5.41, 5.74) is -0.700. The summed E-state index contributed by atoms with van der Waals surface area (Å²) in [5.74, 6) is 0.175. The van der Waals surface area contributed by atoms with Gasteiger partial charge in [-0.2, -0.15) is 0 Å². The first-order chi connectivity index (χ1) is 13.7. The molecule has 1 aromatic carbocycles. The quantitative estimate of drug-likeness (QED) is 0.722. The molecule has 9 heteroatoms. The number of carbonyl (C=O) groups excluding carboxylic acids is 3. The number of hydrogen-bond acceptors (Lipinski definition) is 7. The zero-order chi connectivity index (χ0) is 21.6. The third-order valence-corrected chi connectivity index (χ3v) is 4.29. The first-order valence-corrected chi connectivity index (χ1v) is 9.46. The highest BCUT2D eigenvalue weighted by Gasteiger charge is 2.41. The number of fused-ring (bicyclic) bond motifs is 1. The van der Waals surface area contributed by atoms with Crippen LogP contribution < -0.4 is 14.8 Å².